The van der Waals surface area contributed by atoms with Crippen molar-refractivity contribution in [3.63, 3.8) is 0 Å². The van der Waals surface area contributed by atoms with E-state index in [-0.39, 0.29) is 12.0 Å². The van der Waals surface area contributed by atoms with E-state index in [1.165, 1.54) is 0 Å². The molecule has 2 atom stereocenters. The van der Waals surface area contributed by atoms with Crippen molar-refractivity contribution in [3.8, 4) is 0 Å². The fourth-order valence-corrected chi connectivity index (χ4v) is 1.90. The molecular weight excluding hydrogens is 192 g/mol. The Hall–Kier alpha value is -0.610. The number of nitrogens with two attached hydrogens (primary N) is 1. The maximum absolute atomic E-state index is 12.1. The molecule has 88 valence electrons. The summed E-state index contributed by atoms with van der Waals surface area (Å²) in [5.41, 5.74) is 5.44. The Labute approximate surface area is 91.8 Å². The van der Waals surface area contributed by atoms with Crippen LogP contribution in [-0.4, -0.2) is 43.2 Å². The summed E-state index contributed by atoms with van der Waals surface area (Å²) >= 11 is 0. The predicted molar refractivity (Wildman–Crippen MR) is 59.4 cm³/mol. The fourth-order valence-electron chi connectivity index (χ4n) is 1.90. The molecule has 1 amide bonds. The van der Waals surface area contributed by atoms with E-state index in [9.17, 15) is 4.79 Å². The first kappa shape index (κ1) is 12.5. The molecule has 1 aliphatic heterocycles. The zero-order chi connectivity index (χ0) is 11.3. The van der Waals surface area contributed by atoms with E-state index in [4.69, 9.17) is 10.5 Å². The van der Waals surface area contributed by atoms with Crippen molar-refractivity contribution < 1.29 is 9.53 Å². The van der Waals surface area contributed by atoms with E-state index in [0.717, 1.165) is 25.9 Å². The van der Waals surface area contributed by atoms with Crippen LogP contribution in [0.1, 0.15) is 26.7 Å². The molecule has 0 aliphatic carbocycles. The molecule has 0 aromatic rings. The van der Waals surface area contributed by atoms with Crippen molar-refractivity contribution in [2.45, 2.75) is 32.8 Å². The van der Waals surface area contributed by atoms with Gasteiger partial charge >= 0.3 is 0 Å². The summed E-state index contributed by atoms with van der Waals surface area (Å²) < 4.78 is 5.47. The Morgan fingerprint density at radius 3 is 2.80 bits per heavy atom. The largest absolute Gasteiger partial charge is 0.368 e. The summed E-state index contributed by atoms with van der Waals surface area (Å²) in [5.74, 6) is 0.486. The number of carbonyl (C=O) groups excluding carboxylic acids is 1. The van der Waals surface area contributed by atoms with Gasteiger partial charge in [-0.05, 0) is 32.2 Å². The van der Waals surface area contributed by atoms with Gasteiger partial charge in [-0.1, -0.05) is 6.92 Å². The van der Waals surface area contributed by atoms with Gasteiger partial charge in [0.25, 0.3) is 5.91 Å². The lowest BCUT2D eigenvalue weighted by Gasteiger charge is -2.25. The van der Waals surface area contributed by atoms with Crippen molar-refractivity contribution in [1.29, 1.82) is 0 Å². The number of rotatable bonds is 5. The Bertz CT molecular complexity index is 209. The van der Waals surface area contributed by atoms with Gasteiger partial charge in [0, 0.05) is 19.7 Å². The molecular formula is C11H22N2O2. The van der Waals surface area contributed by atoms with Crippen molar-refractivity contribution in [1.82, 2.24) is 4.90 Å². The van der Waals surface area contributed by atoms with E-state index in [1.54, 1.807) is 0 Å². The van der Waals surface area contributed by atoms with E-state index >= 15 is 0 Å². The summed E-state index contributed by atoms with van der Waals surface area (Å²) in [6.07, 6.45) is 1.63. The molecule has 2 unspecified atom stereocenters. The first-order chi connectivity index (χ1) is 7.20. The lowest BCUT2D eigenvalue weighted by atomic mass is 10.0. The van der Waals surface area contributed by atoms with Gasteiger partial charge in [-0.15, -0.1) is 0 Å². The van der Waals surface area contributed by atoms with Crippen LogP contribution in [0.25, 0.3) is 0 Å². The second kappa shape index (κ2) is 6.08. The average Bonchev–Trinajstić information content (AvgIpc) is 2.65. The van der Waals surface area contributed by atoms with E-state index in [2.05, 4.69) is 6.92 Å². The number of nitrogens with zero attached hydrogens (tertiary/aromatic N) is 1. The summed E-state index contributed by atoms with van der Waals surface area (Å²) in [5, 5.41) is 0. The lowest BCUT2D eigenvalue weighted by Crippen LogP contribution is -2.42. The van der Waals surface area contributed by atoms with E-state index in [0.29, 0.717) is 19.1 Å². The lowest BCUT2D eigenvalue weighted by molar-refractivity contribution is -0.142. The van der Waals surface area contributed by atoms with Gasteiger partial charge in [0.1, 0.15) is 6.10 Å². The SMILES string of the molecule is CCN(CCCN)C(=O)C1OCCC1C. The molecule has 0 bridgehead atoms. The zero-order valence-electron chi connectivity index (χ0n) is 9.74. The zero-order valence-corrected chi connectivity index (χ0v) is 9.74. The molecule has 0 saturated carbocycles. The minimum Gasteiger partial charge on any atom is -0.368 e. The summed E-state index contributed by atoms with van der Waals surface area (Å²) in [6, 6.07) is 0. The molecule has 4 nitrogen and oxygen atoms in total. The molecule has 1 fully saturated rings. The molecule has 1 rings (SSSR count). The third-order valence-corrected chi connectivity index (χ3v) is 2.96. The number of hydrogen-bond acceptors (Lipinski definition) is 3. The fraction of sp³-hybridized carbons (Fsp3) is 0.909. The first-order valence-corrected chi connectivity index (χ1v) is 5.81. The second-order valence-electron chi connectivity index (χ2n) is 4.12. The predicted octanol–water partition coefficient (Wildman–Crippen LogP) is 0.609. The summed E-state index contributed by atoms with van der Waals surface area (Å²) in [4.78, 5) is 13.9. The molecule has 0 aromatic heterocycles. The quantitative estimate of drug-likeness (QED) is 0.729. The van der Waals surface area contributed by atoms with Crippen LogP contribution in [0.2, 0.25) is 0 Å². The molecule has 0 radical (unpaired) electrons. The number of amides is 1. The van der Waals surface area contributed by atoms with Gasteiger partial charge < -0.3 is 15.4 Å². The molecule has 0 aromatic carbocycles. The highest BCUT2D eigenvalue weighted by molar-refractivity contribution is 5.81. The van der Waals surface area contributed by atoms with Crippen LogP contribution in [-0.2, 0) is 9.53 Å². The highest BCUT2D eigenvalue weighted by Gasteiger charge is 2.33. The molecule has 2 N–H and O–H groups in total. The van der Waals surface area contributed by atoms with Crippen LogP contribution in [0.3, 0.4) is 0 Å². The van der Waals surface area contributed by atoms with Crippen molar-refractivity contribution in [2.75, 3.05) is 26.2 Å². The van der Waals surface area contributed by atoms with Crippen LogP contribution in [0.4, 0.5) is 0 Å². The number of ether oxygens (including phenoxy) is 1. The Kier molecular flexibility index (Phi) is 5.05. The third-order valence-electron chi connectivity index (χ3n) is 2.96. The number of hydrogen-bond donors (Lipinski definition) is 1. The standard InChI is InChI=1S/C11H22N2O2/c1-3-13(7-4-6-12)11(14)10-9(2)5-8-15-10/h9-10H,3-8,12H2,1-2H3. The highest BCUT2D eigenvalue weighted by Crippen LogP contribution is 2.21. The maximum atomic E-state index is 12.1. The number of likely N-dealkylation sites (N-methyl/N-ethyl adjacent to an activating group) is 1. The van der Waals surface area contributed by atoms with Crippen LogP contribution >= 0.6 is 0 Å². The molecule has 1 saturated heterocycles. The van der Waals surface area contributed by atoms with Gasteiger partial charge in [-0.25, -0.2) is 0 Å². The molecule has 15 heavy (non-hydrogen) atoms. The minimum atomic E-state index is -0.220. The first-order valence-electron chi connectivity index (χ1n) is 5.81. The van der Waals surface area contributed by atoms with Gasteiger partial charge in [0.2, 0.25) is 0 Å². The van der Waals surface area contributed by atoms with Gasteiger partial charge in [-0.2, -0.15) is 0 Å². The van der Waals surface area contributed by atoms with Crippen molar-refractivity contribution >= 4 is 5.91 Å². The second-order valence-corrected chi connectivity index (χ2v) is 4.12. The van der Waals surface area contributed by atoms with Crippen LogP contribution < -0.4 is 5.73 Å². The summed E-state index contributed by atoms with van der Waals surface area (Å²) in [7, 11) is 0. The average molecular weight is 214 g/mol. The Balaban J connectivity index is 2.48. The minimum absolute atomic E-state index is 0.135. The Morgan fingerprint density at radius 2 is 2.33 bits per heavy atom. The molecule has 0 spiro atoms. The number of carbonyl (C=O) groups is 1. The molecule has 1 aliphatic rings. The maximum Gasteiger partial charge on any atom is 0.251 e. The Morgan fingerprint density at radius 1 is 1.60 bits per heavy atom. The van der Waals surface area contributed by atoms with Crippen LogP contribution in [0, 0.1) is 5.92 Å². The van der Waals surface area contributed by atoms with E-state index < -0.39 is 0 Å². The van der Waals surface area contributed by atoms with Gasteiger partial charge in [0.05, 0.1) is 0 Å². The molecule has 1 heterocycles. The normalized spacial score (nSPS) is 25.5. The van der Waals surface area contributed by atoms with Crippen LogP contribution in [0.15, 0.2) is 0 Å². The van der Waals surface area contributed by atoms with Gasteiger partial charge in [-0.3, -0.25) is 4.79 Å². The topological polar surface area (TPSA) is 55.6 Å². The van der Waals surface area contributed by atoms with Crippen LogP contribution in [0.5, 0.6) is 0 Å². The highest BCUT2D eigenvalue weighted by atomic mass is 16.5. The molecule has 4 heteroatoms. The monoisotopic (exact) mass is 214 g/mol. The summed E-state index contributed by atoms with van der Waals surface area (Å²) in [6.45, 7) is 6.90. The third kappa shape index (κ3) is 3.18. The van der Waals surface area contributed by atoms with Crippen molar-refractivity contribution in [3.05, 3.63) is 0 Å². The smallest absolute Gasteiger partial charge is 0.251 e. The van der Waals surface area contributed by atoms with E-state index in [1.807, 2.05) is 11.8 Å². The van der Waals surface area contributed by atoms with Gasteiger partial charge in [0.15, 0.2) is 0 Å². The van der Waals surface area contributed by atoms with Crippen molar-refractivity contribution in [2.24, 2.45) is 11.7 Å².